The summed E-state index contributed by atoms with van der Waals surface area (Å²) < 4.78 is 5.49. The molecule has 0 heterocycles. The molecule has 4 nitrogen and oxygen atoms in total. The molecule has 1 unspecified atom stereocenters. The number of carboxylic acids is 1. The van der Waals surface area contributed by atoms with E-state index >= 15 is 0 Å². The van der Waals surface area contributed by atoms with Crippen molar-refractivity contribution in [1.82, 2.24) is 0 Å². The zero-order chi connectivity index (χ0) is 17.5. The van der Waals surface area contributed by atoms with Gasteiger partial charge in [0.2, 0.25) is 0 Å². The van der Waals surface area contributed by atoms with Gasteiger partial charge in [-0.1, -0.05) is 54.4 Å². The summed E-state index contributed by atoms with van der Waals surface area (Å²) in [6.07, 6.45) is 3.81. The van der Waals surface area contributed by atoms with Crippen molar-refractivity contribution in [3.8, 4) is 0 Å². The van der Waals surface area contributed by atoms with Crippen LogP contribution < -0.4 is 0 Å². The second-order valence-corrected chi connectivity index (χ2v) is 7.38. The molecule has 4 heteroatoms. The highest BCUT2D eigenvalue weighted by atomic mass is 16.5. The van der Waals surface area contributed by atoms with Crippen molar-refractivity contribution >= 4 is 11.9 Å². The molecule has 0 aromatic carbocycles. The van der Waals surface area contributed by atoms with Gasteiger partial charge in [-0.15, -0.1) is 0 Å². The van der Waals surface area contributed by atoms with Crippen molar-refractivity contribution in [2.75, 3.05) is 0 Å². The van der Waals surface area contributed by atoms with Gasteiger partial charge in [0, 0.05) is 0 Å². The van der Waals surface area contributed by atoms with Crippen LogP contribution in [0, 0.1) is 23.2 Å². The fourth-order valence-electron chi connectivity index (χ4n) is 3.04. The van der Waals surface area contributed by atoms with Crippen molar-refractivity contribution in [2.45, 2.75) is 80.3 Å². The van der Waals surface area contributed by atoms with E-state index < -0.39 is 17.4 Å². The first-order chi connectivity index (χ1) is 10.1. The van der Waals surface area contributed by atoms with Gasteiger partial charge in [-0.2, -0.15) is 0 Å². The molecule has 0 aliphatic heterocycles. The van der Waals surface area contributed by atoms with E-state index in [9.17, 15) is 14.7 Å². The summed E-state index contributed by atoms with van der Waals surface area (Å²) in [6.45, 7) is 13.3. The molecular formula is C18H34O4. The number of aliphatic carboxylic acids is 1. The Morgan fingerprint density at radius 3 is 1.73 bits per heavy atom. The average molecular weight is 314 g/mol. The molecule has 0 aliphatic rings. The number of hydrogen-bond donors (Lipinski definition) is 1. The molecule has 0 aromatic rings. The van der Waals surface area contributed by atoms with E-state index in [0.717, 1.165) is 25.7 Å². The van der Waals surface area contributed by atoms with E-state index in [1.165, 1.54) is 0 Å². The van der Waals surface area contributed by atoms with Crippen LogP contribution in [0.25, 0.3) is 0 Å². The molecule has 1 N–H and O–H groups in total. The van der Waals surface area contributed by atoms with Crippen LogP contribution in [0.5, 0.6) is 0 Å². The number of carbonyl (C=O) groups is 2. The Morgan fingerprint density at radius 2 is 1.36 bits per heavy atom. The van der Waals surface area contributed by atoms with Gasteiger partial charge in [0.25, 0.3) is 0 Å². The standard InChI is InChI=1S/C18H34O4/c1-12(2)10-8-9-11-15(7)22-17(21)18(13(3)4,14(5)6)16(19)20/h12-15H,8-11H2,1-7H3,(H,19,20). The minimum atomic E-state index is -1.47. The van der Waals surface area contributed by atoms with Gasteiger partial charge in [0.05, 0.1) is 6.10 Å². The summed E-state index contributed by atoms with van der Waals surface area (Å²) in [4.78, 5) is 24.3. The predicted octanol–water partition coefficient (Wildman–Crippen LogP) is 4.52. The molecule has 0 radical (unpaired) electrons. The molecule has 22 heavy (non-hydrogen) atoms. The Morgan fingerprint density at radius 1 is 0.909 bits per heavy atom. The highest BCUT2D eigenvalue weighted by Crippen LogP contribution is 2.38. The van der Waals surface area contributed by atoms with Crippen LogP contribution in [0.1, 0.15) is 74.1 Å². The van der Waals surface area contributed by atoms with Crippen molar-refractivity contribution in [3.63, 3.8) is 0 Å². The minimum Gasteiger partial charge on any atom is -0.480 e. The molecule has 0 saturated heterocycles. The maximum atomic E-state index is 12.5. The van der Waals surface area contributed by atoms with E-state index in [4.69, 9.17) is 4.74 Å². The molecule has 0 aliphatic carbocycles. The Kier molecular flexibility index (Phi) is 8.72. The maximum Gasteiger partial charge on any atom is 0.324 e. The van der Waals surface area contributed by atoms with Crippen molar-refractivity contribution in [2.24, 2.45) is 23.2 Å². The van der Waals surface area contributed by atoms with E-state index in [2.05, 4.69) is 13.8 Å². The fraction of sp³-hybridized carbons (Fsp3) is 0.889. The smallest absolute Gasteiger partial charge is 0.324 e. The van der Waals surface area contributed by atoms with Crippen LogP contribution in [0.4, 0.5) is 0 Å². The van der Waals surface area contributed by atoms with E-state index in [1.807, 2.05) is 6.92 Å². The van der Waals surface area contributed by atoms with E-state index in [0.29, 0.717) is 5.92 Å². The summed E-state index contributed by atoms with van der Waals surface area (Å²) in [7, 11) is 0. The van der Waals surface area contributed by atoms with Gasteiger partial charge >= 0.3 is 11.9 Å². The van der Waals surface area contributed by atoms with Crippen LogP contribution in [0.2, 0.25) is 0 Å². The first kappa shape index (κ1) is 20.9. The average Bonchev–Trinajstić information content (AvgIpc) is 2.33. The third-order valence-electron chi connectivity index (χ3n) is 4.46. The topological polar surface area (TPSA) is 63.6 Å². The second-order valence-electron chi connectivity index (χ2n) is 7.38. The summed E-state index contributed by atoms with van der Waals surface area (Å²) in [5.74, 6) is -1.63. The first-order valence-electron chi connectivity index (χ1n) is 8.51. The third kappa shape index (κ3) is 5.29. The molecule has 0 rings (SSSR count). The van der Waals surface area contributed by atoms with Gasteiger partial charge in [-0.05, 0) is 37.5 Å². The molecule has 130 valence electrons. The lowest BCUT2D eigenvalue weighted by molar-refractivity contribution is -0.180. The molecule has 0 spiro atoms. The highest BCUT2D eigenvalue weighted by Gasteiger charge is 2.53. The number of unbranched alkanes of at least 4 members (excludes halogenated alkanes) is 1. The lowest BCUT2D eigenvalue weighted by atomic mass is 9.69. The molecule has 0 amide bonds. The van der Waals surface area contributed by atoms with Crippen molar-refractivity contribution in [3.05, 3.63) is 0 Å². The largest absolute Gasteiger partial charge is 0.480 e. The molecule has 0 saturated carbocycles. The van der Waals surface area contributed by atoms with Crippen LogP contribution >= 0.6 is 0 Å². The number of hydrogen-bond acceptors (Lipinski definition) is 3. The van der Waals surface area contributed by atoms with Crippen molar-refractivity contribution in [1.29, 1.82) is 0 Å². The molecule has 0 fully saturated rings. The monoisotopic (exact) mass is 314 g/mol. The summed E-state index contributed by atoms with van der Waals surface area (Å²) >= 11 is 0. The lowest BCUT2D eigenvalue weighted by Crippen LogP contribution is -2.49. The number of rotatable bonds is 10. The highest BCUT2D eigenvalue weighted by molar-refractivity contribution is 5.99. The molecule has 0 bridgehead atoms. The van der Waals surface area contributed by atoms with Crippen LogP contribution in [-0.2, 0) is 14.3 Å². The second kappa shape index (κ2) is 9.16. The first-order valence-corrected chi connectivity index (χ1v) is 8.51. The Labute approximate surface area is 135 Å². The quantitative estimate of drug-likeness (QED) is 0.366. The van der Waals surface area contributed by atoms with Crippen LogP contribution in [0.3, 0.4) is 0 Å². The van der Waals surface area contributed by atoms with E-state index in [1.54, 1.807) is 27.7 Å². The number of ether oxygens (including phenoxy) is 1. The van der Waals surface area contributed by atoms with E-state index in [-0.39, 0.29) is 17.9 Å². The van der Waals surface area contributed by atoms with Gasteiger partial charge in [-0.25, -0.2) is 0 Å². The van der Waals surface area contributed by atoms with Crippen LogP contribution in [-0.4, -0.2) is 23.1 Å². The maximum absolute atomic E-state index is 12.5. The summed E-state index contributed by atoms with van der Waals surface area (Å²) in [5.41, 5.74) is -1.47. The minimum absolute atomic E-state index is 0.240. The predicted molar refractivity (Wildman–Crippen MR) is 88.6 cm³/mol. The number of esters is 1. The van der Waals surface area contributed by atoms with Crippen molar-refractivity contribution < 1.29 is 19.4 Å². The fourth-order valence-corrected chi connectivity index (χ4v) is 3.04. The number of carboxylic acid groups (broad SMARTS) is 1. The molecule has 0 aromatic heterocycles. The SMILES string of the molecule is CC(C)CCCCC(C)OC(=O)C(C(=O)O)(C(C)C)C(C)C. The van der Waals surface area contributed by atoms with Crippen LogP contribution in [0.15, 0.2) is 0 Å². The Bertz CT molecular complexity index is 350. The zero-order valence-corrected chi connectivity index (χ0v) is 15.3. The summed E-state index contributed by atoms with van der Waals surface area (Å²) in [6, 6.07) is 0. The van der Waals surface area contributed by atoms with Gasteiger partial charge in [-0.3, -0.25) is 9.59 Å². The van der Waals surface area contributed by atoms with Gasteiger partial charge < -0.3 is 9.84 Å². The van der Waals surface area contributed by atoms with Gasteiger partial charge in [0.15, 0.2) is 5.41 Å². The van der Waals surface area contributed by atoms with Gasteiger partial charge in [0.1, 0.15) is 0 Å². The lowest BCUT2D eigenvalue weighted by Gasteiger charge is -2.35. The summed E-state index contributed by atoms with van der Waals surface area (Å²) in [5, 5.41) is 9.62. The zero-order valence-electron chi connectivity index (χ0n) is 15.3. The Hall–Kier alpha value is -1.06. The normalized spacial score (nSPS) is 13.7. The Balaban J connectivity index is 4.74. The molecular weight excluding hydrogens is 280 g/mol. The number of carbonyl (C=O) groups excluding carboxylic acids is 1. The third-order valence-corrected chi connectivity index (χ3v) is 4.46. The molecule has 1 atom stereocenters.